The monoisotopic (exact) mass is 317 g/mol. The molecule has 0 bridgehead atoms. The number of nitrogens with zero attached hydrogens (tertiary/aromatic N) is 2. The van der Waals surface area contributed by atoms with Crippen LogP contribution >= 0.6 is 48.0 Å². The van der Waals surface area contributed by atoms with E-state index in [2.05, 4.69) is 22.2 Å². The van der Waals surface area contributed by atoms with Gasteiger partial charge in [-0.15, -0.1) is 24.8 Å². The molecule has 1 fully saturated rings. The summed E-state index contributed by atoms with van der Waals surface area (Å²) < 4.78 is 0. The van der Waals surface area contributed by atoms with E-state index in [-0.39, 0.29) is 30.9 Å². The third kappa shape index (κ3) is 4.43. The Kier molecular flexibility index (Phi) is 7.72. The predicted octanol–water partition coefficient (Wildman–Crippen LogP) is 2.81. The van der Waals surface area contributed by atoms with Crippen molar-refractivity contribution in [1.29, 1.82) is 0 Å². The first-order valence-electron chi connectivity index (χ1n) is 4.89. The molecule has 1 unspecified atom stereocenters. The smallest absolute Gasteiger partial charge is 0.130 e. The second-order valence-corrected chi connectivity index (χ2v) is 4.59. The fourth-order valence-corrected chi connectivity index (χ4v) is 2.28. The van der Waals surface area contributed by atoms with Crippen molar-refractivity contribution in [1.82, 2.24) is 15.2 Å². The number of aromatic nitrogens is 1. The molecule has 0 saturated carbocycles. The molecule has 0 aliphatic carbocycles. The van der Waals surface area contributed by atoms with Crippen LogP contribution in [0.15, 0.2) is 12.3 Å². The number of rotatable bonds is 1. The van der Waals surface area contributed by atoms with Gasteiger partial charge in [0.05, 0.1) is 0 Å². The lowest BCUT2D eigenvalue weighted by atomic mass is 10.1. The largest absolute Gasteiger partial charge is 0.307 e. The Hall–Kier alpha value is 0.230. The Morgan fingerprint density at radius 1 is 1.41 bits per heavy atom. The normalized spacial score (nSPS) is 20.3. The standard InChI is InChI=1S/C10H13Cl2N3.2ClH/c1-15-3-2-13-9(6-15)7-5-14-10(12)4-8(7)11;;/h4-5,9,13H,2-3,6H2,1H3;2*1H. The summed E-state index contributed by atoms with van der Waals surface area (Å²) in [7, 11) is 2.10. The zero-order chi connectivity index (χ0) is 10.8. The van der Waals surface area contributed by atoms with Crippen LogP contribution in [0.2, 0.25) is 10.2 Å². The van der Waals surface area contributed by atoms with Crippen molar-refractivity contribution in [2.24, 2.45) is 0 Å². The molecule has 1 aromatic rings. The van der Waals surface area contributed by atoms with Gasteiger partial charge in [-0.05, 0) is 13.1 Å². The molecule has 1 aliphatic rings. The third-order valence-corrected chi connectivity index (χ3v) is 3.14. The molecule has 0 aromatic carbocycles. The van der Waals surface area contributed by atoms with E-state index in [9.17, 15) is 0 Å². The van der Waals surface area contributed by atoms with Crippen molar-refractivity contribution in [3.8, 4) is 0 Å². The molecule has 17 heavy (non-hydrogen) atoms. The first-order chi connectivity index (χ1) is 7.16. The maximum Gasteiger partial charge on any atom is 0.130 e. The highest BCUT2D eigenvalue weighted by Crippen LogP contribution is 2.25. The van der Waals surface area contributed by atoms with Crippen molar-refractivity contribution in [3.63, 3.8) is 0 Å². The highest BCUT2D eigenvalue weighted by Gasteiger charge is 2.20. The summed E-state index contributed by atoms with van der Waals surface area (Å²) >= 11 is 11.9. The van der Waals surface area contributed by atoms with Gasteiger partial charge in [-0.1, -0.05) is 23.2 Å². The molecular weight excluding hydrogens is 304 g/mol. The number of hydrogen-bond acceptors (Lipinski definition) is 3. The molecule has 7 heteroatoms. The van der Waals surface area contributed by atoms with Crippen molar-refractivity contribution in [2.45, 2.75) is 6.04 Å². The third-order valence-electron chi connectivity index (χ3n) is 2.60. The minimum absolute atomic E-state index is 0. The quantitative estimate of drug-likeness (QED) is 0.807. The highest BCUT2D eigenvalue weighted by atomic mass is 35.5. The molecule has 0 spiro atoms. The van der Waals surface area contributed by atoms with E-state index in [0.29, 0.717) is 10.2 Å². The van der Waals surface area contributed by atoms with E-state index >= 15 is 0 Å². The topological polar surface area (TPSA) is 28.2 Å². The predicted molar refractivity (Wildman–Crippen MR) is 77.0 cm³/mol. The average Bonchev–Trinajstić information content (AvgIpc) is 2.17. The minimum Gasteiger partial charge on any atom is -0.307 e. The lowest BCUT2D eigenvalue weighted by molar-refractivity contribution is 0.240. The van der Waals surface area contributed by atoms with Gasteiger partial charge in [-0.2, -0.15) is 0 Å². The summed E-state index contributed by atoms with van der Waals surface area (Å²) in [6, 6.07) is 1.94. The summed E-state index contributed by atoms with van der Waals surface area (Å²) in [6.07, 6.45) is 1.75. The van der Waals surface area contributed by atoms with Crippen molar-refractivity contribution in [2.75, 3.05) is 26.7 Å². The fraction of sp³-hybridized carbons (Fsp3) is 0.500. The lowest BCUT2D eigenvalue weighted by Crippen LogP contribution is -2.43. The van der Waals surface area contributed by atoms with E-state index in [4.69, 9.17) is 23.2 Å². The Balaban J connectivity index is 0.00000128. The van der Waals surface area contributed by atoms with Crippen molar-refractivity contribution < 1.29 is 0 Å². The van der Waals surface area contributed by atoms with Crippen LogP contribution in [0, 0.1) is 0 Å². The van der Waals surface area contributed by atoms with Crippen LogP contribution in [0.4, 0.5) is 0 Å². The molecule has 3 nitrogen and oxygen atoms in total. The molecule has 1 aliphatic heterocycles. The maximum atomic E-state index is 6.13. The van der Waals surface area contributed by atoms with E-state index in [1.54, 1.807) is 12.3 Å². The van der Waals surface area contributed by atoms with Crippen LogP contribution in [-0.4, -0.2) is 36.6 Å². The van der Waals surface area contributed by atoms with Gasteiger partial charge >= 0.3 is 0 Å². The zero-order valence-corrected chi connectivity index (χ0v) is 12.5. The summed E-state index contributed by atoms with van der Waals surface area (Å²) in [6.45, 7) is 2.98. The van der Waals surface area contributed by atoms with Crippen LogP contribution in [0.5, 0.6) is 0 Å². The number of nitrogens with one attached hydrogen (secondary N) is 1. The molecule has 1 aromatic heterocycles. The molecule has 2 rings (SSSR count). The molecule has 0 amide bonds. The van der Waals surface area contributed by atoms with Crippen LogP contribution in [0.25, 0.3) is 0 Å². The molecule has 1 N–H and O–H groups in total. The van der Waals surface area contributed by atoms with Gasteiger partial charge in [-0.25, -0.2) is 4.98 Å². The van der Waals surface area contributed by atoms with Crippen LogP contribution in [-0.2, 0) is 0 Å². The number of pyridine rings is 1. The van der Waals surface area contributed by atoms with E-state index in [1.807, 2.05) is 0 Å². The molecule has 2 heterocycles. The summed E-state index contributed by atoms with van der Waals surface area (Å²) in [5.74, 6) is 0. The van der Waals surface area contributed by atoms with Crippen molar-refractivity contribution in [3.05, 3.63) is 28.0 Å². The van der Waals surface area contributed by atoms with Gasteiger partial charge in [0.15, 0.2) is 0 Å². The zero-order valence-electron chi connectivity index (χ0n) is 9.32. The Morgan fingerprint density at radius 3 is 2.71 bits per heavy atom. The molecule has 1 atom stereocenters. The summed E-state index contributed by atoms with van der Waals surface area (Å²) in [4.78, 5) is 6.33. The lowest BCUT2D eigenvalue weighted by Gasteiger charge is -2.31. The van der Waals surface area contributed by atoms with E-state index < -0.39 is 0 Å². The van der Waals surface area contributed by atoms with Gasteiger partial charge in [0.25, 0.3) is 0 Å². The van der Waals surface area contributed by atoms with Gasteiger partial charge in [-0.3, -0.25) is 0 Å². The first-order valence-corrected chi connectivity index (χ1v) is 5.65. The van der Waals surface area contributed by atoms with Crippen LogP contribution in [0.1, 0.15) is 11.6 Å². The average molecular weight is 319 g/mol. The maximum absolute atomic E-state index is 6.13. The van der Waals surface area contributed by atoms with E-state index in [0.717, 1.165) is 25.2 Å². The van der Waals surface area contributed by atoms with Crippen LogP contribution in [0.3, 0.4) is 0 Å². The van der Waals surface area contributed by atoms with E-state index in [1.165, 1.54) is 0 Å². The molecule has 98 valence electrons. The summed E-state index contributed by atoms with van der Waals surface area (Å²) in [5.41, 5.74) is 1.02. The highest BCUT2D eigenvalue weighted by molar-refractivity contribution is 6.34. The van der Waals surface area contributed by atoms with Gasteiger partial charge < -0.3 is 10.2 Å². The molecular formula is C10H15Cl4N3. The number of likely N-dealkylation sites (N-methyl/N-ethyl adjacent to an activating group) is 1. The Morgan fingerprint density at radius 2 is 2.12 bits per heavy atom. The second kappa shape index (κ2) is 7.62. The van der Waals surface area contributed by atoms with Gasteiger partial charge in [0, 0.05) is 42.5 Å². The van der Waals surface area contributed by atoms with Crippen molar-refractivity contribution >= 4 is 48.0 Å². The fourth-order valence-electron chi connectivity index (χ4n) is 1.78. The number of halogens is 4. The Labute approximate surface area is 124 Å². The number of hydrogen-bond donors (Lipinski definition) is 1. The Bertz CT molecular complexity index is 361. The SMILES string of the molecule is CN1CCNC(c2cnc(Cl)cc2Cl)C1.Cl.Cl. The van der Waals surface area contributed by atoms with Crippen LogP contribution < -0.4 is 5.32 Å². The van der Waals surface area contributed by atoms with Gasteiger partial charge in [0.2, 0.25) is 0 Å². The minimum atomic E-state index is 0. The summed E-state index contributed by atoms with van der Waals surface area (Å²) in [5, 5.41) is 4.54. The molecule has 0 radical (unpaired) electrons. The molecule has 1 saturated heterocycles. The first kappa shape index (κ1) is 17.2. The second-order valence-electron chi connectivity index (χ2n) is 3.80. The number of piperazine rings is 1. The van der Waals surface area contributed by atoms with Gasteiger partial charge in [0.1, 0.15) is 5.15 Å².